The van der Waals surface area contributed by atoms with Crippen LogP contribution in [0.15, 0.2) is 47.4 Å². The number of nitrogens with one attached hydrogen (secondary N) is 1. The number of hydrogen-bond donors (Lipinski definition) is 3. The third-order valence-electron chi connectivity index (χ3n) is 3.23. The van der Waals surface area contributed by atoms with Crippen LogP contribution in [0.1, 0.15) is 5.56 Å². The normalized spacial score (nSPS) is 9.50. The van der Waals surface area contributed by atoms with Crippen molar-refractivity contribution in [3.8, 4) is 11.5 Å². The predicted molar refractivity (Wildman–Crippen MR) is 100 cm³/mol. The summed E-state index contributed by atoms with van der Waals surface area (Å²) < 4.78 is 10.6. The van der Waals surface area contributed by atoms with Crippen LogP contribution in [0.2, 0.25) is 0 Å². The van der Waals surface area contributed by atoms with Crippen LogP contribution in [0.4, 0.5) is 5.69 Å². The Morgan fingerprint density at radius 2 is 1.73 bits per heavy atom. The Labute approximate surface area is 155 Å². The van der Waals surface area contributed by atoms with Gasteiger partial charge in [-0.15, -0.1) is 11.8 Å². The zero-order valence-electron chi connectivity index (χ0n) is 14.7. The van der Waals surface area contributed by atoms with E-state index < -0.39 is 11.9 Å². The smallest absolute Gasteiger partial charge is 0.414 e. The van der Waals surface area contributed by atoms with Crippen molar-refractivity contribution in [2.45, 2.75) is 11.4 Å². The minimum Gasteiger partial charge on any atom is -0.497 e. The molecule has 0 amide bonds. The van der Waals surface area contributed by atoms with Crippen LogP contribution in [0.5, 0.6) is 11.5 Å². The molecule has 0 saturated carbocycles. The third-order valence-corrected chi connectivity index (χ3v) is 3.96. The van der Waals surface area contributed by atoms with E-state index in [1.54, 1.807) is 26.0 Å². The van der Waals surface area contributed by atoms with E-state index in [0.29, 0.717) is 6.54 Å². The predicted octanol–water partition coefficient (Wildman–Crippen LogP) is 3.19. The molecule has 0 atom stereocenters. The van der Waals surface area contributed by atoms with E-state index in [0.717, 1.165) is 22.7 Å². The molecular formula is C18H21NO6S. The second-order valence-electron chi connectivity index (χ2n) is 4.87. The molecule has 0 aliphatic heterocycles. The van der Waals surface area contributed by atoms with Crippen LogP contribution in [0.25, 0.3) is 0 Å². The molecule has 0 saturated heterocycles. The van der Waals surface area contributed by atoms with Crippen LogP contribution in [-0.4, -0.2) is 42.6 Å². The molecule has 0 radical (unpaired) electrons. The number of thioether (sulfide) groups is 1. The Bertz CT molecular complexity index is 738. The second-order valence-corrected chi connectivity index (χ2v) is 5.75. The zero-order valence-corrected chi connectivity index (χ0v) is 15.5. The molecule has 8 heteroatoms. The topological polar surface area (TPSA) is 105 Å². The average Bonchev–Trinajstić information content (AvgIpc) is 2.66. The van der Waals surface area contributed by atoms with Crippen molar-refractivity contribution >= 4 is 29.4 Å². The van der Waals surface area contributed by atoms with Gasteiger partial charge in [-0.1, -0.05) is 6.07 Å². The molecule has 0 bridgehead atoms. The van der Waals surface area contributed by atoms with Gasteiger partial charge in [0.2, 0.25) is 0 Å². The summed E-state index contributed by atoms with van der Waals surface area (Å²) in [5, 5.41) is 18.2. The summed E-state index contributed by atoms with van der Waals surface area (Å²) in [4.78, 5) is 19.4. The van der Waals surface area contributed by atoms with E-state index in [9.17, 15) is 0 Å². The quantitative estimate of drug-likeness (QED) is 0.519. The molecule has 0 fully saturated rings. The highest BCUT2D eigenvalue weighted by atomic mass is 32.2. The molecule has 0 aliphatic rings. The Morgan fingerprint density at radius 3 is 2.27 bits per heavy atom. The Hall–Kier alpha value is -2.87. The summed E-state index contributed by atoms with van der Waals surface area (Å²) in [6.07, 6.45) is 2.08. The SMILES string of the molecule is COc1ccc(CNc2cccc(SC)c2)c(OC)c1.O=C(O)C(=O)O. The number of rotatable bonds is 6. The highest BCUT2D eigenvalue weighted by Gasteiger charge is 2.05. The molecule has 0 heterocycles. The zero-order chi connectivity index (χ0) is 19.5. The van der Waals surface area contributed by atoms with Crippen LogP contribution >= 0.6 is 11.8 Å². The first-order valence-corrected chi connectivity index (χ1v) is 8.68. The lowest BCUT2D eigenvalue weighted by molar-refractivity contribution is -0.159. The third kappa shape index (κ3) is 6.94. The summed E-state index contributed by atoms with van der Waals surface area (Å²) >= 11 is 1.74. The fourth-order valence-electron chi connectivity index (χ4n) is 1.93. The van der Waals surface area contributed by atoms with Gasteiger partial charge in [-0.05, 0) is 36.6 Å². The molecule has 3 N–H and O–H groups in total. The molecule has 140 valence electrons. The molecule has 0 unspecified atom stereocenters. The van der Waals surface area contributed by atoms with Crippen molar-refractivity contribution < 1.29 is 29.3 Å². The van der Waals surface area contributed by atoms with Gasteiger partial charge in [0.1, 0.15) is 11.5 Å². The maximum absolute atomic E-state index is 9.10. The van der Waals surface area contributed by atoms with E-state index >= 15 is 0 Å². The molecule has 2 rings (SSSR count). The lowest BCUT2D eigenvalue weighted by atomic mass is 10.2. The highest BCUT2D eigenvalue weighted by Crippen LogP contribution is 2.26. The number of carbonyl (C=O) groups is 2. The van der Waals surface area contributed by atoms with Crippen molar-refractivity contribution in [3.63, 3.8) is 0 Å². The molecule has 0 spiro atoms. The van der Waals surface area contributed by atoms with Crippen LogP contribution in [-0.2, 0) is 16.1 Å². The molecular weight excluding hydrogens is 358 g/mol. The number of carboxylic acids is 2. The van der Waals surface area contributed by atoms with Gasteiger partial charge in [0.05, 0.1) is 14.2 Å². The summed E-state index contributed by atoms with van der Waals surface area (Å²) in [5.74, 6) is -2.02. The van der Waals surface area contributed by atoms with Crippen molar-refractivity contribution in [2.75, 3.05) is 25.8 Å². The van der Waals surface area contributed by atoms with E-state index in [1.807, 2.05) is 18.2 Å². The van der Waals surface area contributed by atoms with Gasteiger partial charge < -0.3 is 25.0 Å². The van der Waals surface area contributed by atoms with E-state index in [2.05, 4.69) is 35.8 Å². The minimum absolute atomic E-state index is 0.713. The first kappa shape index (κ1) is 21.2. The lowest BCUT2D eigenvalue weighted by Gasteiger charge is -2.12. The van der Waals surface area contributed by atoms with Gasteiger partial charge in [-0.25, -0.2) is 9.59 Å². The van der Waals surface area contributed by atoms with Gasteiger partial charge in [0.15, 0.2) is 0 Å². The maximum Gasteiger partial charge on any atom is 0.414 e. The van der Waals surface area contributed by atoms with Gasteiger partial charge in [0.25, 0.3) is 0 Å². The molecule has 7 nitrogen and oxygen atoms in total. The second kappa shape index (κ2) is 10.9. The van der Waals surface area contributed by atoms with Gasteiger partial charge in [-0.3, -0.25) is 0 Å². The number of benzene rings is 2. The molecule has 2 aromatic rings. The Balaban J connectivity index is 0.000000487. The molecule has 0 aromatic heterocycles. The van der Waals surface area contributed by atoms with Crippen molar-refractivity contribution in [1.82, 2.24) is 0 Å². The number of ether oxygens (including phenoxy) is 2. The maximum atomic E-state index is 9.10. The van der Waals surface area contributed by atoms with Gasteiger partial charge in [0, 0.05) is 28.8 Å². The summed E-state index contributed by atoms with van der Waals surface area (Å²) in [6, 6.07) is 14.2. The molecule has 0 aliphatic carbocycles. The summed E-state index contributed by atoms with van der Waals surface area (Å²) in [5.41, 5.74) is 2.21. The van der Waals surface area contributed by atoms with E-state index in [1.165, 1.54) is 4.90 Å². The number of hydrogen-bond acceptors (Lipinski definition) is 6. The van der Waals surface area contributed by atoms with E-state index in [4.69, 9.17) is 29.3 Å². The standard InChI is InChI=1S/C16H19NO2S.C2H2O4/c1-18-14-8-7-12(16(10-14)19-2)11-17-13-5-4-6-15(9-13)20-3;3-1(4)2(5)6/h4-10,17H,11H2,1-3H3;(H,3,4)(H,5,6). The molecule has 26 heavy (non-hydrogen) atoms. The molecule has 2 aromatic carbocycles. The fraction of sp³-hybridized carbons (Fsp3) is 0.222. The average molecular weight is 379 g/mol. The minimum atomic E-state index is -1.82. The Kier molecular flexibility index (Phi) is 8.86. The summed E-state index contributed by atoms with van der Waals surface area (Å²) in [7, 11) is 3.33. The summed E-state index contributed by atoms with van der Waals surface area (Å²) in [6.45, 7) is 0.713. The van der Waals surface area contributed by atoms with Crippen molar-refractivity contribution in [3.05, 3.63) is 48.0 Å². The van der Waals surface area contributed by atoms with Crippen molar-refractivity contribution in [2.24, 2.45) is 0 Å². The van der Waals surface area contributed by atoms with Crippen LogP contribution in [0, 0.1) is 0 Å². The lowest BCUT2D eigenvalue weighted by Crippen LogP contribution is -2.09. The van der Waals surface area contributed by atoms with Crippen LogP contribution in [0.3, 0.4) is 0 Å². The Morgan fingerprint density at radius 1 is 1.04 bits per heavy atom. The van der Waals surface area contributed by atoms with Crippen LogP contribution < -0.4 is 14.8 Å². The van der Waals surface area contributed by atoms with Gasteiger partial charge in [-0.2, -0.15) is 0 Å². The fourth-order valence-corrected chi connectivity index (χ4v) is 2.39. The highest BCUT2D eigenvalue weighted by molar-refractivity contribution is 7.98. The largest absolute Gasteiger partial charge is 0.497 e. The van der Waals surface area contributed by atoms with Crippen molar-refractivity contribution in [1.29, 1.82) is 0 Å². The monoisotopic (exact) mass is 379 g/mol. The van der Waals surface area contributed by atoms with Gasteiger partial charge >= 0.3 is 11.9 Å². The van der Waals surface area contributed by atoms with E-state index in [-0.39, 0.29) is 0 Å². The first-order chi connectivity index (χ1) is 12.4. The first-order valence-electron chi connectivity index (χ1n) is 7.46. The number of aliphatic carboxylic acids is 2. The number of anilines is 1. The number of carboxylic acid groups (broad SMARTS) is 2. The number of methoxy groups -OCH3 is 2.